The van der Waals surface area contributed by atoms with Crippen LogP contribution in [-0.2, 0) is 0 Å². The van der Waals surface area contributed by atoms with Gasteiger partial charge in [0.05, 0.1) is 4.92 Å². The lowest BCUT2D eigenvalue weighted by atomic mass is 10.1. The highest BCUT2D eigenvalue weighted by Crippen LogP contribution is 2.30. The van der Waals surface area contributed by atoms with Gasteiger partial charge in [0.2, 0.25) is 0 Å². The largest absolute Gasteiger partial charge is 0.350 e. The van der Waals surface area contributed by atoms with Gasteiger partial charge in [-0.05, 0) is 36.4 Å². The summed E-state index contributed by atoms with van der Waals surface area (Å²) in [6, 6.07) is 17.6. The number of benzene rings is 2. The molecule has 4 aromatic rings. The number of hydrogen-bond donors (Lipinski definition) is 1. The number of nitro benzene ring substituents is 1. The number of thiazole rings is 1. The quantitative estimate of drug-likeness (QED) is 0.350. The number of piperazine rings is 1. The Morgan fingerprint density at radius 3 is 2.55 bits per heavy atom. The molecule has 2 aromatic heterocycles. The fraction of sp³-hybridized carbons (Fsp3) is 0.174. The summed E-state index contributed by atoms with van der Waals surface area (Å²) < 4.78 is 0. The lowest BCUT2D eigenvalue weighted by molar-refractivity contribution is -0.383. The lowest BCUT2D eigenvalue weighted by Gasteiger charge is -2.34. The summed E-state index contributed by atoms with van der Waals surface area (Å²) in [7, 11) is 0. The minimum Gasteiger partial charge on any atom is -0.350 e. The van der Waals surface area contributed by atoms with Crippen LogP contribution in [0.1, 0.15) is 10.4 Å². The number of carbonyl (C=O) groups excluding carboxylic acids is 1. The van der Waals surface area contributed by atoms with E-state index in [4.69, 9.17) is 0 Å². The second-order valence-corrected chi connectivity index (χ2v) is 8.54. The Balaban J connectivity index is 1.29. The average Bonchev–Trinajstić information content (AvgIpc) is 3.29. The molecule has 1 aliphatic heterocycles. The van der Waals surface area contributed by atoms with Crippen molar-refractivity contribution in [3.63, 3.8) is 0 Å². The van der Waals surface area contributed by atoms with E-state index in [0.717, 1.165) is 21.2 Å². The first-order valence-corrected chi connectivity index (χ1v) is 11.3. The van der Waals surface area contributed by atoms with Crippen LogP contribution in [0.25, 0.3) is 10.3 Å². The summed E-state index contributed by atoms with van der Waals surface area (Å²) in [5.41, 5.74) is 2.12. The normalized spacial score (nSPS) is 13.8. The van der Waals surface area contributed by atoms with Gasteiger partial charge in [0.25, 0.3) is 11.6 Å². The van der Waals surface area contributed by atoms with Gasteiger partial charge in [-0.25, -0.2) is 9.97 Å². The van der Waals surface area contributed by atoms with Crippen LogP contribution in [0.3, 0.4) is 0 Å². The maximum Gasteiger partial charge on any atom is 0.293 e. The predicted octanol–water partition coefficient (Wildman–Crippen LogP) is 4.31. The van der Waals surface area contributed by atoms with Gasteiger partial charge >= 0.3 is 0 Å². The average molecular weight is 461 g/mol. The number of nitrogens with zero attached hydrogens (tertiary/aromatic N) is 5. The molecule has 166 valence electrons. The topological polar surface area (TPSA) is 104 Å². The van der Waals surface area contributed by atoms with E-state index in [2.05, 4.69) is 20.2 Å². The van der Waals surface area contributed by atoms with Crippen LogP contribution < -0.4 is 10.2 Å². The van der Waals surface area contributed by atoms with Gasteiger partial charge in [-0.2, -0.15) is 0 Å². The first-order chi connectivity index (χ1) is 16.1. The van der Waals surface area contributed by atoms with Gasteiger partial charge in [-0.1, -0.05) is 29.5 Å². The van der Waals surface area contributed by atoms with Crippen LogP contribution in [-0.4, -0.2) is 51.9 Å². The van der Waals surface area contributed by atoms with Crippen molar-refractivity contribution < 1.29 is 9.72 Å². The molecule has 0 aliphatic carbocycles. The molecule has 10 heteroatoms. The molecule has 33 heavy (non-hydrogen) atoms. The Bertz CT molecular complexity index is 1290. The summed E-state index contributed by atoms with van der Waals surface area (Å²) in [5.74, 6) is -0.213. The SMILES string of the molecule is O=C(c1ccc(Nc2ccccc2)c([N+](=O)[O-])c1)N1CCN(c2nc3cccnc3s2)CC1. The molecule has 0 unspecified atom stereocenters. The van der Waals surface area contributed by atoms with Crippen LogP contribution >= 0.6 is 11.3 Å². The number of anilines is 3. The molecule has 3 heterocycles. The third-order valence-corrected chi connectivity index (χ3v) is 6.53. The molecule has 2 aromatic carbocycles. The van der Waals surface area contributed by atoms with Crippen molar-refractivity contribution in [2.24, 2.45) is 0 Å². The zero-order valence-electron chi connectivity index (χ0n) is 17.5. The molecule has 0 radical (unpaired) electrons. The van der Waals surface area contributed by atoms with E-state index >= 15 is 0 Å². The summed E-state index contributed by atoms with van der Waals surface area (Å²) >= 11 is 1.54. The first kappa shape index (κ1) is 20.8. The Hall–Kier alpha value is -4.05. The minimum absolute atomic E-state index is 0.134. The fourth-order valence-corrected chi connectivity index (χ4v) is 4.74. The number of fused-ring (bicyclic) bond motifs is 1. The van der Waals surface area contributed by atoms with E-state index in [0.29, 0.717) is 37.4 Å². The molecular weight excluding hydrogens is 440 g/mol. The number of rotatable bonds is 5. The van der Waals surface area contributed by atoms with Crippen LogP contribution in [0.15, 0.2) is 66.9 Å². The van der Waals surface area contributed by atoms with Gasteiger partial charge < -0.3 is 15.1 Å². The fourth-order valence-electron chi connectivity index (χ4n) is 3.78. The van der Waals surface area contributed by atoms with Crippen molar-refractivity contribution in [3.05, 3.63) is 82.5 Å². The monoisotopic (exact) mass is 460 g/mol. The Kier molecular flexibility index (Phi) is 5.57. The van der Waals surface area contributed by atoms with Crippen molar-refractivity contribution in [1.29, 1.82) is 0 Å². The van der Waals surface area contributed by atoms with Crippen molar-refractivity contribution >= 4 is 49.8 Å². The molecule has 1 saturated heterocycles. The zero-order valence-corrected chi connectivity index (χ0v) is 18.4. The molecule has 1 fully saturated rings. The highest BCUT2D eigenvalue weighted by atomic mass is 32.1. The smallest absolute Gasteiger partial charge is 0.293 e. The Morgan fingerprint density at radius 1 is 1.03 bits per heavy atom. The summed E-state index contributed by atoms with van der Waals surface area (Å²) in [4.78, 5) is 38.0. The van der Waals surface area contributed by atoms with E-state index in [1.807, 2.05) is 42.5 Å². The van der Waals surface area contributed by atoms with Crippen molar-refractivity contribution in [3.8, 4) is 0 Å². The van der Waals surface area contributed by atoms with Gasteiger partial charge in [0.1, 0.15) is 16.0 Å². The standard InChI is InChI=1S/C23H20N6O3S/c30-22(16-8-9-18(20(15-16)29(31)32)25-17-5-2-1-3-6-17)27-11-13-28(14-12-27)23-26-19-7-4-10-24-21(19)33-23/h1-10,15,25H,11-14H2. The van der Waals surface area contributed by atoms with Crippen LogP contribution in [0.2, 0.25) is 0 Å². The van der Waals surface area contributed by atoms with E-state index < -0.39 is 4.92 Å². The van der Waals surface area contributed by atoms with E-state index in [9.17, 15) is 14.9 Å². The summed E-state index contributed by atoms with van der Waals surface area (Å²) in [5, 5.41) is 15.6. The maximum absolute atomic E-state index is 13.1. The number of hydrogen-bond acceptors (Lipinski definition) is 8. The second-order valence-electron chi connectivity index (χ2n) is 7.58. The third-order valence-electron chi connectivity index (χ3n) is 5.49. The molecule has 0 bridgehead atoms. The number of carbonyl (C=O) groups is 1. The molecule has 1 amide bonds. The van der Waals surface area contributed by atoms with Gasteiger partial charge in [0, 0.05) is 49.7 Å². The summed E-state index contributed by atoms with van der Waals surface area (Å²) in [6.07, 6.45) is 1.75. The van der Waals surface area contributed by atoms with Crippen molar-refractivity contribution in [2.45, 2.75) is 0 Å². The van der Waals surface area contributed by atoms with E-state index in [-0.39, 0.29) is 11.6 Å². The molecule has 9 nitrogen and oxygen atoms in total. The number of nitro groups is 1. The highest BCUT2D eigenvalue weighted by molar-refractivity contribution is 7.21. The maximum atomic E-state index is 13.1. The Labute approximate surface area is 193 Å². The van der Waals surface area contributed by atoms with Gasteiger partial charge in [-0.15, -0.1) is 0 Å². The van der Waals surface area contributed by atoms with Crippen molar-refractivity contribution in [1.82, 2.24) is 14.9 Å². The third kappa shape index (κ3) is 4.33. The zero-order chi connectivity index (χ0) is 22.8. The molecular formula is C23H20N6O3S. The minimum atomic E-state index is -0.471. The lowest BCUT2D eigenvalue weighted by Crippen LogP contribution is -2.48. The first-order valence-electron chi connectivity index (χ1n) is 10.4. The van der Waals surface area contributed by atoms with E-state index in [1.54, 1.807) is 23.2 Å². The van der Waals surface area contributed by atoms with Crippen LogP contribution in [0.5, 0.6) is 0 Å². The molecule has 0 saturated carbocycles. The van der Waals surface area contributed by atoms with Crippen LogP contribution in [0.4, 0.5) is 22.2 Å². The molecule has 0 spiro atoms. The molecule has 5 rings (SSSR count). The van der Waals surface area contributed by atoms with Gasteiger partial charge in [0.15, 0.2) is 5.13 Å². The predicted molar refractivity (Wildman–Crippen MR) is 128 cm³/mol. The van der Waals surface area contributed by atoms with Gasteiger partial charge in [-0.3, -0.25) is 14.9 Å². The molecule has 1 N–H and O–H groups in total. The highest BCUT2D eigenvalue weighted by Gasteiger charge is 2.26. The number of para-hydroxylation sites is 1. The number of aromatic nitrogens is 2. The van der Waals surface area contributed by atoms with E-state index in [1.165, 1.54) is 17.4 Å². The number of amides is 1. The summed E-state index contributed by atoms with van der Waals surface area (Å²) in [6.45, 7) is 2.31. The second kappa shape index (κ2) is 8.83. The molecule has 1 aliphatic rings. The molecule has 0 atom stereocenters. The number of pyridine rings is 1. The number of nitrogens with one attached hydrogen (secondary N) is 1. The Morgan fingerprint density at radius 2 is 1.82 bits per heavy atom. The van der Waals surface area contributed by atoms with Crippen LogP contribution in [0, 0.1) is 10.1 Å². The van der Waals surface area contributed by atoms with Crippen molar-refractivity contribution in [2.75, 3.05) is 36.4 Å².